The minimum absolute atomic E-state index is 0.108. The molecule has 3 nitrogen and oxygen atoms in total. The van der Waals surface area contributed by atoms with E-state index in [1.807, 2.05) is 0 Å². The molecule has 0 aliphatic heterocycles. The summed E-state index contributed by atoms with van der Waals surface area (Å²) in [6, 6.07) is 5.58. The van der Waals surface area contributed by atoms with E-state index in [1.165, 1.54) is 24.3 Å². The second kappa shape index (κ2) is 4.92. The van der Waals surface area contributed by atoms with Crippen molar-refractivity contribution in [2.75, 3.05) is 0 Å². The Kier molecular flexibility index (Phi) is 3.50. The van der Waals surface area contributed by atoms with Crippen molar-refractivity contribution in [2.24, 2.45) is 0 Å². The van der Waals surface area contributed by atoms with Crippen molar-refractivity contribution in [3.63, 3.8) is 0 Å². The van der Waals surface area contributed by atoms with Crippen LogP contribution >= 0.6 is 23.2 Å². The molecule has 6 heteroatoms. The van der Waals surface area contributed by atoms with Crippen LogP contribution in [0.5, 0.6) is 0 Å². The lowest BCUT2D eigenvalue weighted by atomic mass is 10.0. The van der Waals surface area contributed by atoms with Gasteiger partial charge in [0, 0.05) is 6.20 Å². The Labute approximate surface area is 112 Å². The summed E-state index contributed by atoms with van der Waals surface area (Å²) in [5.74, 6) is -2.11. The number of pyridine rings is 1. The number of hydrogen-bond acceptors (Lipinski definition) is 2. The Bertz CT molecular complexity index is 631. The lowest BCUT2D eigenvalue weighted by Crippen LogP contribution is -2.03. The van der Waals surface area contributed by atoms with Crippen molar-refractivity contribution in [1.29, 1.82) is 0 Å². The van der Waals surface area contributed by atoms with Crippen LogP contribution in [0, 0.1) is 5.95 Å². The summed E-state index contributed by atoms with van der Waals surface area (Å²) in [5, 5.41) is 9.55. The van der Waals surface area contributed by atoms with Crippen LogP contribution in [-0.4, -0.2) is 16.1 Å². The molecule has 1 aromatic heterocycles. The Morgan fingerprint density at radius 3 is 2.56 bits per heavy atom. The number of carbonyl (C=O) groups is 1. The molecule has 0 aliphatic carbocycles. The minimum Gasteiger partial charge on any atom is -0.478 e. The van der Waals surface area contributed by atoms with Gasteiger partial charge in [-0.3, -0.25) is 0 Å². The Morgan fingerprint density at radius 2 is 1.94 bits per heavy atom. The number of hydrogen-bond donors (Lipinski definition) is 1. The summed E-state index contributed by atoms with van der Waals surface area (Å²) in [5.41, 5.74) is 0.0249. The fraction of sp³-hybridized carbons (Fsp3) is 0. The molecule has 2 aromatic rings. The molecule has 1 N–H and O–H groups in total. The molecule has 2 rings (SSSR count). The van der Waals surface area contributed by atoms with E-state index < -0.39 is 11.9 Å². The van der Waals surface area contributed by atoms with Crippen molar-refractivity contribution in [3.8, 4) is 11.1 Å². The van der Waals surface area contributed by atoms with Gasteiger partial charge in [-0.25, -0.2) is 9.78 Å². The van der Waals surface area contributed by atoms with Crippen LogP contribution in [0.1, 0.15) is 10.4 Å². The molecule has 0 unspecified atom stereocenters. The van der Waals surface area contributed by atoms with Crippen LogP contribution in [0.2, 0.25) is 10.0 Å². The summed E-state index contributed by atoms with van der Waals surface area (Å²) >= 11 is 11.6. The zero-order chi connectivity index (χ0) is 13.3. The second-order valence-electron chi connectivity index (χ2n) is 3.46. The fourth-order valence-corrected chi connectivity index (χ4v) is 1.84. The van der Waals surface area contributed by atoms with E-state index in [2.05, 4.69) is 4.98 Å². The molecular weight excluding hydrogens is 280 g/mol. The average molecular weight is 286 g/mol. The third-order valence-electron chi connectivity index (χ3n) is 2.34. The molecular formula is C12H6Cl2FNO2. The first kappa shape index (κ1) is 12.8. The van der Waals surface area contributed by atoms with Crippen molar-refractivity contribution in [1.82, 2.24) is 4.98 Å². The number of halogens is 3. The highest BCUT2D eigenvalue weighted by molar-refractivity contribution is 6.42. The molecule has 1 heterocycles. The summed E-state index contributed by atoms with van der Waals surface area (Å²) in [6.45, 7) is 0. The molecule has 0 saturated carbocycles. The summed E-state index contributed by atoms with van der Waals surface area (Å²) in [4.78, 5) is 14.5. The number of benzene rings is 1. The van der Waals surface area contributed by atoms with Crippen molar-refractivity contribution >= 4 is 29.2 Å². The Morgan fingerprint density at radius 1 is 1.22 bits per heavy atom. The van der Waals surface area contributed by atoms with Gasteiger partial charge in [-0.2, -0.15) is 4.39 Å². The quantitative estimate of drug-likeness (QED) is 0.852. The molecule has 0 spiro atoms. The molecule has 0 amide bonds. The van der Waals surface area contributed by atoms with Crippen LogP contribution in [-0.2, 0) is 0 Å². The van der Waals surface area contributed by atoms with Gasteiger partial charge >= 0.3 is 5.97 Å². The minimum atomic E-state index is -1.24. The van der Waals surface area contributed by atoms with E-state index >= 15 is 0 Å². The van der Waals surface area contributed by atoms with Gasteiger partial charge in [0.2, 0.25) is 5.95 Å². The number of carboxylic acids is 1. The second-order valence-corrected chi connectivity index (χ2v) is 4.27. The SMILES string of the molecule is O=C(O)c1ccnc(F)c1-c1ccc(Cl)c(Cl)c1. The summed E-state index contributed by atoms with van der Waals surface area (Å²) in [6.07, 6.45) is 1.10. The van der Waals surface area contributed by atoms with E-state index in [0.717, 1.165) is 6.20 Å². The van der Waals surface area contributed by atoms with E-state index in [0.29, 0.717) is 10.6 Å². The number of aromatic nitrogens is 1. The molecule has 18 heavy (non-hydrogen) atoms. The highest BCUT2D eigenvalue weighted by atomic mass is 35.5. The van der Waals surface area contributed by atoms with Crippen molar-refractivity contribution < 1.29 is 14.3 Å². The molecule has 92 valence electrons. The topological polar surface area (TPSA) is 50.2 Å². The molecule has 0 radical (unpaired) electrons. The van der Waals surface area contributed by atoms with Crippen LogP contribution in [0.4, 0.5) is 4.39 Å². The fourth-order valence-electron chi connectivity index (χ4n) is 1.54. The van der Waals surface area contributed by atoms with Crippen LogP contribution in [0.25, 0.3) is 11.1 Å². The van der Waals surface area contributed by atoms with E-state index in [-0.39, 0.29) is 16.1 Å². The van der Waals surface area contributed by atoms with Crippen molar-refractivity contribution in [2.45, 2.75) is 0 Å². The molecule has 0 atom stereocenters. The van der Waals surface area contributed by atoms with Crippen molar-refractivity contribution in [3.05, 3.63) is 52.0 Å². The van der Waals surface area contributed by atoms with Gasteiger partial charge in [0.15, 0.2) is 0 Å². The Hall–Kier alpha value is -1.65. The monoisotopic (exact) mass is 285 g/mol. The van der Waals surface area contributed by atoms with Gasteiger partial charge in [0.1, 0.15) is 0 Å². The molecule has 0 fully saturated rings. The molecule has 0 aliphatic rings. The van der Waals surface area contributed by atoms with Gasteiger partial charge in [-0.15, -0.1) is 0 Å². The first-order valence-electron chi connectivity index (χ1n) is 4.84. The largest absolute Gasteiger partial charge is 0.478 e. The number of carboxylic acid groups (broad SMARTS) is 1. The number of rotatable bonds is 2. The van der Waals surface area contributed by atoms with Gasteiger partial charge in [-0.1, -0.05) is 29.3 Å². The third-order valence-corrected chi connectivity index (χ3v) is 3.08. The normalized spacial score (nSPS) is 10.4. The maximum Gasteiger partial charge on any atom is 0.336 e. The number of aromatic carboxylic acids is 1. The van der Waals surface area contributed by atoms with Gasteiger partial charge in [-0.05, 0) is 23.8 Å². The Balaban J connectivity index is 2.69. The van der Waals surface area contributed by atoms with Gasteiger partial charge in [0.25, 0.3) is 0 Å². The maximum absolute atomic E-state index is 13.7. The van der Waals surface area contributed by atoms with E-state index in [9.17, 15) is 9.18 Å². The summed E-state index contributed by atoms with van der Waals surface area (Å²) in [7, 11) is 0. The van der Waals surface area contributed by atoms with E-state index in [1.54, 1.807) is 0 Å². The van der Waals surface area contributed by atoms with Gasteiger partial charge < -0.3 is 5.11 Å². The van der Waals surface area contributed by atoms with Crippen LogP contribution in [0.3, 0.4) is 0 Å². The predicted molar refractivity (Wildman–Crippen MR) is 66.6 cm³/mol. The first-order valence-corrected chi connectivity index (χ1v) is 5.59. The first-order chi connectivity index (χ1) is 8.50. The average Bonchev–Trinajstić information content (AvgIpc) is 2.32. The lowest BCUT2D eigenvalue weighted by molar-refractivity contribution is 0.0697. The highest BCUT2D eigenvalue weighted by Crippen LogP contribution is 2.31. The zero-order valence-electron chi connectivity index (χ0n) is 8.82. The zero-order valence-corrected chi connectivity index (χ0v) is 10.3. The maximum atomic E-state index is 13.7. The summed E-state index contributed by atoms with van der Waals surface area (Å²) < 4.78 is 13.7. The predicted octanol–water partition coefficient (Wildman–Crippen LogP) is 3.89. The third kappa shape index (κ3) is 2.30. The smallest absolute Gasteiger partial charge is 0.336 e. The standard InChI is InChI=1S/C12H6Cl2FNO2/c13-8-2-1-6(5-9(8)14)10-7(12(17)18)3-4-16-11(10)15/h1-5H,(H,17,18). The van der Waals surface area contributed by atoms with Crippen LogP contribution < -0.4 is 0 Å². The molecule has 0 bridgehead atoms. The van der Waals surface area contributed by atoms with Gasteiger partial charge in [0.05, 0.1) is 21.2 Å². The molecule has 1 aromatic carbocycles. The lowest BCUT2D eigenvalue weighted by Gasteiger charge is -2.07. The number of nitrogens with zero attached hydrogens (tertiary/aromatic N) is 1. The molecule has 0 saturated heterocycles. The van der Waals surface area contributed by atoms with E-state index in [4.69, 9.17) is 28.3 Å². The highest BCUT2D eigenvalue weighted by Gasteiger charge is 2.17. The van der Waals surface area contributed by atoms with Crippen LogP contribution in [0.15, 0.2) is 30.5 Å².